The molecule has 0 atom stereocenters. The molecule has 1 aliphatic rings. The Balaban J connectivity index is 1.50. The van der Waals surface area contributed by atoms with E-state index in [0.717, 1.165) is 10.8 Å². The van der Waals surface area contributed by atoms with Crippen molar-refractivity contribution in [1.82, 2.24) is 0 Å². The molecule has 0 bridgehead atoms. The predicted molar refractivity (Wildman–Crippen MR) is 102 cm³/mol. The molecule has 138 valence electrons. The molecule has 0 saturated carbocycles. The number of hydrogen-bond donors (Lipinski definition) is 1. The van der Waals surface area contributed by atoms with Crippen LogP contribution in [0.1, 0.15) is 0 Å². The number of carbonyl (C=O) groups is 1. The average molecular weight is 383 g/mol. The molecular formula is C20H17NO5S. The third kappa shape index (κ3) is 3.73. The van der Waals surface area contributed by atoms with Crippen LogP contribution in [0.2, 0.25) is 0 Å². The van der Waals surface area contributed by atoms with Crippen molar-refractivity contribution in [3.05, 3.63) is 60.7 Å². The van der Waals surface area contributed by atoms with Crippen molar-refractivity contribution in [1.29, 1.82) is 0 Å². The van der Waals surface area contributed by atoms with E-state index < -0.39 is 21.5 Å². The van der Waals surface area contributed by atoms with E-state index in [2.05, 4.69) is 5.32 Å². The van der Waals surface area contributed by atoms with Crippen molar-refractivity contribution in [3.63, 3.8) is 0 Å². The Labute approximate surface area is 156 Å². The summed E-state index contributed by atoms with van der Waals surface area (Å²) in [5, 5.41) is 4.35. The number of fused-ring (bicyclic) bond motifs is 2. The number of anilines is 1. The lowest BCUT2D eigenvalue weighted by Crippen LogP contribution is -2.23. The van der Waals surface area contributed by atoms with Crippen molar-refractivity contribution in [3.8, 4) is 11.5 Å². The molecule has 27 heavy (non-hydrogen) atoms. The van der Waals surface area contributed by atoms with Gasteiger partial charge in [0.05, 0.1) is 4.90 Å². The smallest absolute Gasteiger partial charge is 0.239 e. The van der Waals surface area contributed by atoms with Gasteiger partial charge in [-0.3, -0.25) is 4.79 Å². The van der Waals surface area contributed by atoms with Crippen LogP contribution in [0.25, 0.3) is 10.8 Å². The fraction of sp³-hybridized carbons (Fsp3) is 0.150. The number of rotatable bonds is 4. The Morgan fingerprint density at radius 3 is 2.44 bits per heavy atom. The first-order chi connectivity index (χ1) is 13.0. The number of sulfone groups is 1. The highest BCUT2D eigenvalue weighted by molar-refractivity contribution is 7.92. The van der Waals surface area contributed by atoms with E-state index in [1.165, 1.54) is 6.07 Å². The highest BCUT2D eigenvalue weighted by atomic mass is 32.2. The van der Waals surface area contributed by atoms with Gasteiger partial charge in [0.15, 0.2) is 21.3 Å². The van der Waals surface area contributed by atoms with E-state index in [1.807, 2.05) is 24.3 Å². The summed E-state index contributed by atoms with van der Waals surface area (Å²) in [6, 6.07) is 17.3. The van der Waals surface area contributed by atoms with Crippen LogP contribution in [0.4, 0.5) is 5.69 Å². The van der Waals surface area contributed by atoms with Crippen molar-refractivity contribution < 1.29 is 22.7 Å². The summed E-state index contributed by atoms with van der Waals surface area (Å²) in [5.74, 6) is -0.126. The highest BCUT2D eigenvalue weighted by Crippen LogP contribution is 2.32. The lowest BCUT2D eigenvalue weighted by molar-refractivity contribution is -0.113. The molecule has 0 aliphatic carbocycles. The summed E-state index contributed by atoms with van der Waals surface area (Å²) in [6.45, 7) is 0.906. The zero-order valence-corrected chi connectivity index (χ0v) is 15.2. The first-order valence-corrected chi connectivity index (χ1v) is 10.1. The monoisotopic (exact) mass is 383 g/mol. The zero-order chi connectivity index (χ0) is 18.9. The molecule has 0 radical (unpaired) electrons. The van der Waals surface area contributed by atoms with Gasteiger partial charge >= 0.3 is 0 Å². The molecule has 0 saturated heterocycles. The highest BCUT2D eigenvalue weighted by Gasteiger charge is 2.20. The van der Waals surface area contributed by atoms with Crippen molar-refractivity contribution in [2.45, 2.75) is 4.90 Å². The maximum absolute atomic E-state index is 12.6. The fourth-order valence-electron chi connectivity index (χ4n) is 2.93. The lowest BCUT2D eigenvalue weighted by atomic mass is 10.1. The number of nitrogens with one attached hydrogen (secondary N) is 1. The topological polar surface area (TPSA) is 81.7 Å². The van der Waals surface area contributed by atoms with Gasteiger partial charge in [0.25, 0.3) is 0 Å². The Hall–Kier alpha value is -3.06. The molecule has 0 spiro atoms. The van der Waals surface area contributed by atoms with Crippen molar-refractivity contribution in [2.24, 2.45) is 0 Å². The quantitative estimate of drug-likeness (QED) is 0.749. The van der Waals surface area contributed by atoms with E-state index in [9.17, 15) is 13.2 Å². The number of benzene rings is 3. The van der Waals surface area contributed by atoms with Gasteiger partial charge in [-0.15, -0.1) is 0 Å². The van der Waals surface area contributed by atoms with E-state index in [4.69, 9.17) is 9.47 Å². The van der Waals surface area contributed by atoms with Crippen LogP contribution < -0.4 is 14.8 Å². The minimum atomic E-state index is -3.76. The minimum Gasteiger partial charge on any atom is -0.486 e. The van der Waals surface area contributed by atoms with Gasteiger partial charge in [0, 0.05) is 11.8 Å². The van der Waals surface area contributed by atoms with Gasteiger partial charge in [-0.05, 0) is 35.0 Å². The molecule has 1 aliphatic heterocycles. The molecule has 3 aromatic rings. The third-order valence-corrected chi connectivity index (χ3v) is 5.84. The molecular weight excluding hydrogens is 366 g/mol. The molecule has 0 aromatic heterocycles. The maximum Gasteiger partial charge on any atom is 0.239 e. The summed E-state index contributed by atoms with van der Waals surface area (Å²) >= 11 is 0. The van der Waals surface area contributed by atoms with Crippen LogP contribution in [-0.2, 0) is 14.6 Å². The number of hydrogen-bond acceptors (Lipinski definition) is 5. The van der Waals surface area contributed by atoms with E-state index in [1.54, 1.807) is 30.3 Å². The van der Waals surface area contributed by atoms with Gasteiger partial charge in [-0.25, -0.2) is 8.42 Å². The average Bonchev–Trinajstić information content (AvgIpc) is 2.67. The Bertz CT molecular complexity index is 1120. The predicted octanol–water partition coefficient (Wildman–Crippen LogP) is 3.02. The Morgan fingerprint density at radius 1 is 0.889 bits per heavy atom. The molecule has 1 N–H and O–H groups in total. The van der Waals surface area contributed by atoms with E-state index in [-0.39, 0.29) is 4.90 Å². The third-order valence-electron chi connectivity index (χ3n) is 4.23. The van der Waals surface area contributed by atoms with Crippen LogP contribution in [0.3, 0.4) is 0 Å². The summed E-state index contributed by atoms with van der Waals surface area (Å²) in [5.41, 5.74) is 0.456. The summed E-state index contributed by atoms with van der Waals surface area (Å²) in [6.07, 6.45) is 0. The van der Waals surface area contributed by atoms with Crippen LogP contribution in [0, 0.1) is 0 Å². The largest absolute Gasteiger partial charge is 0.486 e. The zero-order valence-electron chi connectivity index (χ0n) is 14.3. The SMILES string of the molecule is O=C(CS(=O)(=O)c1ccc2ccccc2c1)Nc1ccc2c(c1)OCCO2. The second-order valence-corrected chi connectivity index (χ2v) is 8.16. The molecule has 0 unspecified atom stereocenters. The van der Waals surface area contributed by atoms with Crippen molar-refractivity contribution in [2.75, 3.05) is 24.3 Å². The summed E-state index contributed by atoms with van der Waals surface area (Å²) < 4.78 is 36.1. The molecule has 7 heteroatoms. The second kappa shape index (κ2) is 6.92. The maximum atomic E-state index is 12.6. The molecule has 4 rings (SSSR count). The Kier molecular flexibility index (Phi) is 4.45. The molecule has 6 nitrogen and oxygen atoms in total. The van der Waals surface area contributed by atoms with Crippen LogP contribution >= 0.6 is 0 Å². The Morgan fingerprint density at radius 2 is 1.63 bits per heavy atom. The van der Waals surface area contributed by atoms with Crippen LogP contribution in [0.5, 0.6) is 11.5 Å². The van der Waals surface area contributed by atoms with Gasteiger partial charge in [0.1, 0.15) is 19.0 Å². The van der Waals surface area contributed by atoms with Crippen LogP contribution in [0.15, 0.2) is 65.6 Å². The van der Waals surface area contributed by atoms with Gasteiger partial charge in [0.2, 0.25) is 5.91 Å². The van der Waals surface area contributed by atoms with E-state index >= 15 is 0 Å². The van der Waals surface area contributed by atoms with Gasteiger partial charge in [-0.1, -0.05) is 30.3 Å². The number of amides is 1. The molecule has 3 aromatic carbocycles. The molecule has 0 fully saturated rings. The number of carbonyl (C=O) groups excluding carboxylic acids is 1. The van der Waals surface area contributed by atoms with E-state index in [0.29, 0.717) is 30.4 Å². The standard InChI is InChI=1S/C20H17NO5S/c22-20(21-16-6-8-18-19(12-16)26-10-9-25-18)13-27(23,24)17-7-5-14-3-1-2-4-15(14)11-17/h1-8,11-12H,9-10,13H2,(H,21,22). The lowest BCUT2D eigenvalue weighted by Gasteiger charge is -2.19. The normalized spacial score (nSPS) is 13.3. The molecule has 1 heterocycles. The first-order valence-electron chi connectivity index (χ1n) is 8.42. The summed E-state index contributed by atoms with van der Waals surface area (Å²) in [7, 11) is -3.76. The minimum absolute atomic E-state index is 0.124. The summed E-state index contributed by atoms with van der Waals surface area (Å²) in [4.78, 5) is 12.4. The van der Waals surface area contributed by atoms with Gasteiger partial charge < -0.3 is 14.8 Å². The van der Waals surface area contributed by atoms with Gasteiger partial charge in [-0.2, -0.15) is 0 Å². The second-order valence-electron chi connectivity index (χ2n) is 6.17. The fourth-order valence-corrected chi connectivity index (χ4v) is 4.10. The van der Waals surface area contributed by atoms with Crippen LogP contribution in [-0.4, -0.2) is 33.3 Å². The number of ether oxygens (including phenoxy) is 2. The molecule has 1 amide bonds. The van der Waals surface area contributed by atoms with Crippen molar-refractivity contribution >= 4 is 32.2 Å². The first kappa shape index (κ1) is 17.4.